The molecule has 4 N–H and O–H groups in total. The van der Waals surface area contributed by atoms with Crippen LogP contribution in [-0.4, -0.2) is 52.8 Å². The van der Waals surface area contributed by atoms with Gasteiger partial charge in [0.25, 0.3) is 0 Å². The van der Waals surface area contributed by atoms with Crippen LogP contribution in [0.2, 0.25) is 0 Å². The number of nitrogen functional groups attached to an aromatic ring is 1. The van der Waals surface area contributed by atoms with E-state index in [9.17, 15) is 0 Å². The zero-order valence-electron chi connectivity index (χ0n) is 11.9. The summed E-state index contributed by atoms with van der Waals surface area (Å²) in [5, 5.41) is 9.17. The zero-order chi connectivity index (χ0) is 14.4. The van der Waals surface area contributed by atoms with Crippen LogP contribution < -0.4 is 21.1 Å². The van der Waals surface area contributed by atoms with Crippen molar-refractivity contribution in [1.29, 1.82) is 0 Å². The lowest BCUT2D eigenvalue weighted by atomic mass is 10.4. The summed E-state index contributed by atoms with van der Waals surface area (Å²) in [6, 6.07) is 0. The maximum atomic E-state index is 9.17. The van der Waals surface area contributed by atoms with Crippen molar-refractivity contribution >= 4 is 17.8 Å². The number of anilines is 3. The summed E-state index contributed by atoms with van der Waals surface area (Å²) in [5.74, 6) is 7.02. The summed E-state index contributed by atoms with van der Waals surface area (Å²) in [6.45, 7) is 5.35. The Labute approximate surface area is 119 Å². The lowest BCUT2D eigenvalue weighted by molar-refractivity contribution is 0.301. The first-order valence-corrected chi connectivity index (χ1v) is 7.12. The molecule has 1 aliphatic heterocycles. The number of nitrogens with zero attached hydrogens (tertiary/aromatic N) is 5. The third kappa shape index (κ3) is 3.45. The molecule has 2 heterocycles. The van der Waals surface area contributed by atoms with Crippen LogP contribution >= 0.6 is 0 Å². The van der Waals surface area contributed by atoms with Crippen LogP contribution in [0.25, 0.3) is 0 Å². The van der Waals surface area contributed by atoms with Crippen LogP contribution in [0.1, 0.15) is 26.2 Å². The van der Waals surface area contributed by atoms with E-state index in [1.807, 2.05) is 4.90 Å². The molecule has 1 fully saturated rings. The Kier molecular flexibility index (Phi) is 5.31. The van der Waals surface area contributed by atoms with Gasteiger partial charge in [0.15, 0.2) is 0 Å². The molecule has 20 heavy (non-hydrogen) atoms. The van der Waals surface area contributed by atoms with Crippen molar-refractivity contribution in [2.24, 2.45) is 5.84 Å². The molecule has 0 aliphatic carbocycles. The van der Waals surface area contributed by atoms with Crippen molar-refractivity contribution in [1.82, 2.24) is 15.0 Å². The normalized spacial score (nSPS) is 14.7. The highest BCUT2D eigenvalue weighted by molar-refractivity contribution is 5.45. The van der Waals surface area contributed by atoms with Crippen molar-refractivity contribution in [3.8, 4) is 0 Å². The lowest BCUT2D eigenvalue weighted by Gasteiger charge is -2.23. The summed E-state index contributed by atoms with van der Waals surface area (Å²) in [7, 11) is 0. The third-order valence-electron chi connectivity index (χ3n) is 3.28. The van der Waals surface area contributed by atoms with Gasteiger partial charge in [0, 0.05) is 26.2 Å². The number of aliphatic hydroxyl groups is 1. The van der Waals surface area contributed by atoms with Crippen molar-refractivity contribution < 1.29 is 5.11 Å². The Morgan fingerprint density at radius 3 is 2.60 bits per heavy atom. The summed E-state index contributed by atoms with van der Waals surface area (Å²) < 4.78 is 0. The summed E-state index contributed by atoms with van der Waals surface area (Å²) in [5.41, 5.74) is 2.49. The van der Waals surface area contributed by atoms with Gasteiger partial charge in [-0.1, -0.05) is 6.92 Å². The number of hydrogen-bond acceptors (Lipinski definition) is 8. The third-order valence-corrected chi connectivity index (χ3v) is 3.28. The van der Waals surface area contributed by atoms with Crippen molar-refractivity contribution in [2.75, 3.05) is 48.0 Å². The molecular formula is C12H23N7O. The Bertz CT molecular complexity index is 416. The molecule has 0 atom stereocenters. The Morgan fingerprint density at radius 1 is 1.25 bits per heavy atom. The number of nitrogens with one attached hydrogen (secondary N) is 1. The number of aromatic nitrogens is 3. The number of aliphatic hydroxyl groups excluding tert-OH is 1. The maximum absolute atomic E-state index is 9.17. The van der Waals surface area contributed by atoms with Gasteiger partial charge in [0.05, 0.1) is 6.61 Å². The van der Waals surface area contributed by atoms with Gasteiger partial charge in [0.1, 0.15) is 0 Å². The molecule has 0 spiro atoms. The van der Waals surface area contributed by atoms with Crippen LogP contribution in [0.4, 0.5) is 17.8 Å². The monoisotopic (exact) mass is 281 g/mol. The van der Waals surface area contributed by atoms with Crippen LogP contribution in [-0.2, 0) is 0 Å². The molecule has 0 unspecified atom stereocenters. The van der Waals surface area contributed by atoms with E-state index in [1.54, 1.807) is 0 Å². The number of nitrogens with two attached hydrogens (primary N) is 1. The van der Waals surface area contributed by atoms with E-state index < -0.39 is 0 Å². The quantitative estimate of drug-likeness (QED) is 0.473. The Hall–Kier alpha value is -1.67. The molecule has 2 rings (SSSR count). The van der Waals surface area contributed by atoms with E-state index in [4.69, 9.17) is 10.9 Å². The van der Waals surface area contributed by atoms with Crippen LogP contribution in [0.5, 0.6) is 0 Å². The highest BCUT2D eigenvalue weighted by Gasteiger charge is 2.19. The number of rotatable bonds is 7. The molecule has 1 aliphatic rings. The topological polar surface area (TPSA) is 103 Å². The number of hydrogen-bond donors (Lipinski definition) is 3. The predicted octanol–water partition coefficient (Wildman–Crippen LogP) is -0.0339. The van der Waals surface area contributed by atoms with Crippen molar-refractivity contribution in [3.05, 3.63) is 0 Å². The van der Waals surface area contributed by atoms with Gasteiger partial charge in [-0.05, 0) is 19.3 Å². The summed E-state index contributed by atoms with van der Waals surface area (Å²) in [4.78, 5) is 17.2. The highest BCUT2D eigenvalue weighted by Crippen LogP contribution is 2.20. The Morgan fingerprint density at radius 2 is 2.00 bits per heavy atom. The fourth-order valence-corrected chi connectivity index (χ4v) is 2.32. The predicted molar refractivity (Wildman–Crippen MR) is 78.7 cm³/mol. The largest absolute Gasteiger partial charge is 0.395 e. The minimum Gasteiger partial charge on any atom is -0.395 e. The molecule has 1 aromatic rings. The molecule has 1 saturated heterocycles. The molecular weight excluding hydrogens is 258 g/mol. The molecule has 0 bridgehead atoms. The highest BCUT2D eigenvalue weighted by atomic mass is 16.3. The van der Waals surface area contributed by atoms with Crippen LogP contribution in [0.15, 0.2) is 0 Å². The van der Waals surface area contributed by atoms with Crippen molar-refractivity contribution in [3.63, 3.8) is 0 Å². The first-order chi connectivity index (χ1) is 9.78. The van der Waals surface area contributed by atoms with Gasteiger partial charge in [-0.2, -0.15) is 15.0 Å². The average molecular weight is 281 g/mol. The standard InChI is InChI=1S/C12H23N7O/c1-2-5-18(8-9-20)11-14-10(17-13)15-12(16-11)19-6-3-4-7-19/h20H,2-9,13H2,1H3,(H,14,15,16,17). The lowest BCUT2D eigenvalue weighted by Crippen LogP contribution is -2.31. The fraction of sp³-hybridized carbons (Fsp3) is 0.750. The molecule has 0 radical (unpaired) electrons. The van der Waals surface area contributed by atoms with Gasteiger partial charge in [-0.15, -0.1) is 0 Å². The second kappa shape index (κ2) is 7.20. The van der Waals surface area contributed by atoms with E-state index in [1.165, 1.54) is 0 Å². The maximum Gasteiger partial charge on any atom is 0.243 e. The molecule has 0 aromatic carbocycles. The first kappa shape index (κ1) is 14.7. The van der Waals surface area contributed by atoms with Gasteiger partial charge in [0.2, 0.25) is 17.8 Å². The number of hydrazine groups is 1. The zero-order valence-corrected chi connectivity index (χ0v) is 11.9. The minimum absolute atomic E-state index is 0.0656. The van der Waals surface area contributed by atoms with Gasteiger partial charge >= 0.3 is 0 Å². The van der Waals surface area contributed by atoms with Gasteiger partial charge < -0.3 is 14.9 Å². The van der Waals surface area contributed by atoms with E-state index >= 15 is 0 Å². The van der Waals surface area contributed by atoms with Crippen LogP contribution in [0.3, 0.4) is 0 Å². The second-order valence-electron chi connectivity index (χ2n) is 4.81. The first-order valence-electron chi connectivity index (χ1n) is 7.12. The SMILES string of the molecule is CCCN(CCO)c1nc(NN)nc(N2CCCC2)n1. The van der Waals surface area contributed by atoms with Crippen LogP contribution in [0, 0.1) is 0 Å². The fourth-order valence-electron chi connectivity index (χ4n) is 2.32. The van der Waals surface area contributed by atoms with E-state index in [0.29, 0.717) is 24.4 Å². The van der Waals surface area contributed by atoms with Gasteiger partial charge in [-0.3, -0.25) is 5.43 Å². The molecule has 112 valence electrons. The molecule has 1 aromatic heterocycles. The smallest absolute Gasteiger partial charge is 0.243 e. The molecule has 0 saturated carbocycles. The molecule has 8 heteroatoms. The second-order valence-corrected chi connectivity index (χ2v) is 4.81. The van der Waals surface area contributed by atoms with E-state index in [2.05, 4.69) is 32.2 Å². The molecule has 0 amide bonds. The summed E-state index contributed by atoms with van der Waals surface area (Å²) in [6.07, 6.45) is 3.26. The summed E-state index contributed by atoms with van der Waals surface area (Å²) >= 11 is 0. The van der Waals surface area contributed by atoms with E-state index in [-0.39, 0.29) is 6.61 Å². The van der Waals surface area contributed by atoms with Gasteiger partial charge in [-0.25, -0.2) is 5.84 Å². The van der Waals surface area contributed by atoms with E-state index in [0.717, 1.165) is 38.9 Å². The Balaban J connectivity index is 2.27. The molecule has 8 nitrogen and oxygen atoms in total. The van der Waals surface area contributed by atoms with Crippen molar-refractivity contribution in [2.45, 2.75) is 26.2 Å². The average Bonchev–Trinajstić information content (AvgIpc) is 3.01. The minimum atomic E-state index is 0.0656.